The third-order valence-corrected chi connectivity index (χ3v) is 15.7. The fraction of sp³-hybridized carbons (Fsp3) is 0.375. The Bertz CT molecular complexity index is 1760. The zero-order valence-corrected chi connectivity index (χ0v) is 26.2. The predicted molar refractivity (Wildman–Crippen MR) is 159 cm³/mol. The number of fused-ring (bicyclic) bond motifs is 5. The molecule has 42 heavy (non-hydrogen) atoms. The molecule has 1 N–H and O–H groups in total. The number of aromatic nitrogens is 2. The van der Waals surface area contributed by atoms with Crippen LogP contribution in [0, 0.1) is 0 Å². The number of carbonyl (C=O) groups excluding carboxylic acids is 2. The molecule has 1 atom stereocenters. The summed E-state index contributed by atoms with van der Waals surface area (Å²) >= 11 is -2.25. The van der Waals surface area contributed by atoms with Gasteiger partial charge in [-0.3, -0.25) is 0 Å². The Kier molecular flexibility index (Phi) is 7.34. The molecule has 0 amide bonds. The van der Waals surface area contributed by atoms with Crippen molar-refractivity contribution in [3.63, 3.8) is 0 Å². The van der Waals surface area contributed by atoms with Crippen LogP contribution in [0.25, 0.3) is 22.3 Å². The predicted octanol–water partition coefficient (Wildman–Crippen LogP) is 5.17. The van der Waals surface area contributed by atoms with Crippen LogP contribution in [-0.2, 0) is 39.4 Å². The van der Waals surface area contributed by atoms with Gasteiger partial charge in [0, 0.05) is 0 Å². The molecule has 0 fully saturated rings. The van der Waals surface area contributed by atoms with Crippen molar-refractivity contribution < 1.29 is 28.6 Å². The van der Waals surface area contributed by atoms with Crippen LogP contribution in [0.1, 0.15) is 52.6 Å². The number of rotatable bonds is 9. The second-order valence-corrected chi connectivity index (χ2v) is 23.1. The number of esters is 2. The second kappa shape index (κ2) is 10.9. The van der Waals surface area contributed by atoms with Gasteiger partial charge in [-0.25, -0.2) is 0 Å². The van der Waals surface area contributed by atoms with Crippen molar-refractivity contribution in [2.45, 2.75) is 67.0 Å². The third-order valence-electron chi connectivity index (χ3n) is 8.72. The molecule has 0 saturated carbocycles. The van der Waals surface area contributed by atoms with E-state index >= 15 is 0 Å². The molecule has 4 aromatic rings. The molecule has 10 heteroatoms. The maximum absolute atomic E-state index is 13.7. The van der Waals surface area contributed by atoms with E-state index in [1.54, 1.807) is 29.7 Å². The van der Waals surface area contributed by atoms with Crippen molar-refractivity contribution >= 4 is 36.1 Å². The standard InChI is InChI=1S/C32H34GeN2O7/c1-4-32(39)24-17-26-28-22(18-35(26)29(36)23(24)19-42-31(32)38)20(21-9-5-6-10-25(21)34-28)12-14-33(2,3)13-8-16-41-30(37)27-11-7-15-40-27/h5-7,9-11,15,17,39H,4,8,12-14,16,18-19H2,1-3H3/t32-/m0/s1. The number of furan rings is 1. The van der Waals surface area contributed by atoms with Gasteiger partial charge in [-0.05, 0) is 0 Å². The summed E-state index contributed by atoms with van der Waals surface area (Å²) in [5.74, 6) is 3.85. The number of hydrogen-bond donors (Lipinski definition) is 1. The van der Waals surface area contributed by atoms with Gasteiger partial charge in [0.25, 0.3) is 0 Å². The first-order valence-electron chi connectivity index (χ1n) is 14.4. The topological polar surface area (TPSA) is 121 Å². The molecule has 2 aliphatic heterocycles. The van der Waals surface area contributed by atoms with Crippen molar-refractivity contribution in [2.75, 3.05) is 6.61 Å². The zero-order valence-electron chi connectivity index (χ0n) is 24.1. The molecule has 0 aliphatic carbocycles. The first-order valence-corrected chi connectivity index (χ1v) is 21.6. The van der Waals surface area contributed by atoms with Crippen LogP contribution >= 0.6 is 0 Å². The van der Waals surface area contributed by atoms with E-state index in [0.29, 0.717) is 30.0 Å². The van der Waals surface area contributed by atoms with Gasteiger partial charge in [-0.1, -0.05) is 0 Å². The van der Waals surface area contributed by atoms with E-state index in [4.69, 9.17) is 18.9 Å². The van der Waals surface area contributed by atoms with E-state index in [1.165, 1.54) is 11.8 Å². The van der Waals surface area contributed by atoms with E-state index in [9.17, 15) is 19.5 Å². The fourth-order valence-electron chi connectivity index (χ4n) is 6.17. The zero-order chi connectivity index (χ0) is 29.6. The van der Waals surface area contributed by atoms with Crippen molar-refractivity contribution in [1.82, 2.24) is 9.55 Å². The van der Waals surface area contributed by atoms with Crippen LogP contribution in [-0.4, -0.2) is 46.5 Å². The van der Waals surface area contributed by atoms with Crippen molar-refractivity contribution in [2.24, 2.45) is 0 Å². The Hall–Kier alpha value is -3.70. The molecule has 0 spiro atoms. The van der Waals surface area contributed by atoms with Crippen LogP contribution < -0.4 is 5.56 Å². The average Bonchev–Trinajstić information content (AvgIpc) is 3.65. The van der Waals surface area contributed by atoms with Gasteiger partial charge in [0.2, 0.25) is 0 Å². The summed E-state index contributed by atoms with van der Waals surface area (Å²) in [4.78, 5) is 43.3. The minimum atomic E-state index is -2.25. The molecule has 0 radical (unpaired) electrons. The van der Waals surface area contributed by atoms with E-state index in [0.717, 1.165) is 45.5 Å². The first-order chi connectivity index (χ1) is 20.1. The van der Waals surface area contributed by atoms with Crippen LogP contribution in [0.15, 0.2) is 57.9 Å². The Balaban J connectivity index is 1.28. The summed E-state index contributed by atoms with van der Waals surface area (Å²) in [5, 5.41) is 14.4. The van der Waals surface area contributed by atoms with Gasteiger partial charge >= 0.3 is 246 Å². The number of aliphatic hydroxyl groups is 1. The molecule has 2 aliphatic rings. The Labute approximate surface area is 245 Å². The molecule has 3 aromatic heterocycles. The number of cyclic esters (lactones) is 1. The van der Waals surface area contributed by atoms with E-state index in [2.05, 4.69) is 17.6 Å². The number of aryl methyl sites for hydroxylation is 1. The number of para-hydroxylation sites is 1. The molecule has 0 saturated heterocycles. The molecule has 1 aromatic carbocycles. The number of pyridine rings is 2. The van der Waals surface area contributed by atoms with Crippen LogP contribution in [0.4, 0.5) is 0 Å². The molecular weight excluding hydrogens is 597 g/mol. The average molecular weight is 631 g/mol. The number of nitrogens with zero attached hydrogens (tertiary/aromatic N) is 2. The van der Waals surface area contributed by atoms with Gasteiger partial charge in [0.05, 0.1) is 0 Å². The van der Waals surface area contributed by atoms with Crippen molar-refractivity contribution in [3.05, 3.63) is 87.1 Å². The maximum atomic E-state index is 13.7. The number of ether oxygens (including phenoxy) is 2. The molecule has 0 unspecified atom stereocenters. The summed E-state index contributed by atoms with van der Waals surface area (Å²) in [7, 11) is 0. The van der Waals surface area contributed by atoms with E-state index < -0.39 is 30.8 Å². The summed E-state index contributed by atoms with van der Waals surface area (Å²) in [6.45, 7) is 2.31. The normalized spacial score (nSPS) is 17.5. The molecule has 6 rings (SSSR count). The second-order valence-electron chi connectivity index (χ2n) is 11.9. The summed E-state index contributed by atoms with van der Waals surface area (Å²) < 4.78 is 17.4. The molecule has 5 heterocycles. The number of carbonyl (C=O) groups is 2. The Morgan fingerprint density at radius 2 is 1.95 bits per heavy atom. The van der Waals surface area contributed by atoms with Crippen molar-refractivity contribution in [1.29, 1.82) is 0 Å². The minimum absolute atomic E-state index is 0.106. The van der Waals surface area contributed by atoms with Crippen molar-refractivity contribution in [3.8, 4) is 11.4 Å². The van der Waals surface area contributed by atoms with Gasteiger partial charge in [0.15, 0.2) is 0 Å². The SMILES string of the molecule is CC[C@@]1(O)C(=O)OCc2c1cc1n(c2=O)Cc2c-1nc1ccccc1c2C[CH2][Ge]([CH3])([CH3])[CH2]CCOC(=O)c1ccco1. The fourth-order valence-corrected chi connectivity index (χ4v) is 10.9. The number of benzene rings is 1. The first kappa shape index (κ1) is 28.4. The van der Waals surface area contributed by atoms with Crippen LogP contribution in [0.5, 0.6) is 0 Å². The summed E-state index contributed by atoms with van der Waals surface area (Å²) in [5.41, 5.74) is 2.97. The molecule has 218 valence electrons. The quantitative estimate of drug-likeness (QED) is 0.135. The molecular formula is C32H34GeN2O7. The molecule has 0 bridgehead atoms. The van der Waals surface area contributed by atoms with Gasteiger partial charge in [-0.15, -0.1) is 0 Å². The van der Waals surface area contributed by atoms with Gasteiger partial charge < -0.3 is 0 Å². The Morgan fingerprint density at radius 3 is 2.71 bits per heavy atom. The van der Waals surface area contributed by atoms with Gasteiger partial charge in [0.1, 0.15) is 0 Å². The summed E-state index contributed by atoms with van der Waals surface area (Å²) in [6.07, 6.45) is 3.22. The molecule has 9 nitrogen and oxygen atoms in total. The van der Waals surface area contributed by atoms with Crippen LogP contribution in [0.2, 0.25) is 22.0 Å². The van der Waals surface area contributed by atoms with E-state index in [1.807, 2.05) is 18.2 Å². The van der Waals surface area contributed by atoms with Crippen LogP contribution in [0.3, 0.4) is 0 Å². The number of hydrogen-bond acceptors (Lipinski definition) is 8. The van der Waals surface area contributed by atoms with E-state index in [-0.39, 0.29) is 24.3 Å². The Morgan fingerprint density at radius 1 is 1.14 bits per heavy atom. The summed E-state index contributed by atoms with van der Waals surface area (Å²) in [6, 6.07) is 13.1. The third kappa shape index (κ3) is 4.88. The van der Waals surface area contributed by atoms with Gasteiger partial charge in [-0.2, -0.15) is 0 Å². The monoisotopic (exact) mass is 632 g/mol.